The van der Waals surface area contributed by atoms with Crippen LogP contribution in [0.25, 0.3) is 0 Å². The molecule has 0 aromatic carbocycles. The molecule has 0 spiro atoms. The molecule has 3 N–H and O–H groups in total. The summed E-state index contributed by atoms with van der Waals surface area (Å²) < 4.78 is 5.13. The molecule has 1 aromatic rings. The minimum atomic E-state index is -0.0794. The first-order chi connectivity index (χ1) is 8.20. The summed E-state index contributed by atoms with van der Waals surface area (Å²) in [5.41, 5.74) is 6.33. The van der Waals surface area contributed by atoms with Crippen molar-refractivity contribution in [1.82, 2.24) is 5.32 Å². The number of furan rings is 1. The largest absolute Gasteiger partial charge is 0.469 e. The van der Waals surface area contributed by atoms with Gasteiger partial charge in [-0.2, -0.15) is 0 Å². The van der Waals surface area contributed by atoms with E-state index in [1.165, 1.54) is 31.9 Å². The van der Waals surface area contributed by atoms with Crippen LogP contribution < -0.4 is 11.1 Å². The second-order valence-electron chi connectivity index (χ2n) is 4.81. The van der Waals surface area contributed by atoms with E-state index in [-0.39, 0.29) is 11.9 Å². The maximum Gasteiger partial charge on any atom is 0.254 e. The third-order valence-corrected chi connectivity index (χ3v) is 3.53. The number of hydrogen-bond donors (Lipinski definition) is 2. The zero-order valence-electron chi connectivity index (χ0n) is 10.2. The molecule has 1 saturated carbocycles. The minimum absolute atomic E-state index is 0.0794. The van der Waals surface area contributed by atoms with E-state index in [9.17, 15) is 4.79 Å². The summed E-state index contributed by atoms with van der Waals surface area (Å²) in [6.07, 6.45) is 6.34. The molecule has 1 amide bonds. The summed E-state index contributed by atoms with van der Waals surface area (Å²) in [7, 11) is 0. The Morgan fingerprint density at radius 1 is 1.59 bits per heavy atom. The van der Waals surface area contributed by atoms with Crippen LogP contribution in [0.3, 0.4) is 0 Å². The Bertz CT molecular complexity index is 381. The molecular formula is C13H20N2O2. The van der Waals surface area contributed by atoms with Gasteiger partial charge < -0.3 is 15.5 Å². The number of nitrogens with one attached hydrogen (secondary N) is 1. The standard InChI is InChI=1S/C13H20N2O2/c1-9-6-11(8-17-9)13(16)15-12(7-14)10-4-2-3-5-10/h6,8,10,12H,2-5,7,14H2,1H3,(H,15,16). The Balaban J connectivity index is 1.96. The number of nitrogens with two attached hydrogens (primary N) is 1. The quantitative estimate of drug-likeness (QED) is 0.838. The van der Waals surface area contributed by atoms with Gasteiger partial charge in [-0.05, 0) is 31.7 Å². The van der Waals surface area contributed by atoms with Crippen molar-refractivity contribution >= 4 is 5.91 Å². The number of carbonyl (C=O) groups excluding carboxylic acids is 1. The number of carbonyl (C=O) groups is 1. The molecule has 1 aromatic heterocycles. The lowest BCUT2D eigenvalue weighted by Gasteiger charge is -2.22. The molecule has 1 aliphatic rings. The van der Waals surface area contributed by atoms with Crippen molar-refractivity contribution in [3.8, 4) is 0 Å². The average molecular weight is 236 g/mol. The Morgan fingerprint density at radius 2 is 2.29 bits per heavy atom. The van der Waals surface area contributed by atoms with Crippen LogP contribution in [0.2, 0.25) is 0 Å². The van der Waals surface area contributed by atoms with Gasteiger partial charge in [-0.3, -0.25) is 4.79 Å². The third kappa shape index (κ3) is 2.88. The lowest BCUT2D eigenvalue weighted by atomic mass is 9.98. The summed E-state index contributed by atoms with van der Waals surface area (Å²) in [6.45, 7) is 2.33. The number of hydrogen-bond acceptors (Lipinski definition) is 3. The monoisotopic (exact) mass is 236 g/mol. The second-order valence-corrected chi connectivity index (χ2v) is 4.81. The van der Waals surface area contributed by atoms with Crippen LogP contribution in [0.5, 0.6) is 0 Å². The Kier molecular flexibility index (Phi) is 3.84. The van der Waals surface area contributed by atoms with Crippen molar-refractivity contribution in [2.75, 3.05) is 6.54 Å². The molecule has 1 unspecified atom stereocenters. The van der Waals surface area contributed by atoms with Crippen LogP contribution in [0.15, 0.2) is 16.7 Å². The number of rotatable bonds is 4. The van der Waals surface area contributed by atoms with Gasteiger partial charge in [0, 0.05) is 12.6 Å². The van der Waals surface area contributed by atoms with Gasteiger partial charge in [-0.25, -0.2) is 0 Å². The first kappa shape index (κ1) is 12.2. The van der Waals surface area contributed by atoms with Crippen LogP contribution in [-0.4, -0.2) is 18.5 Å². The van der Waals surface area contributed by atoms with E-state index in [4.69, 9.17) is 10.2 Å². The minimum Gasteiger partial charge on any atom is -0.469 e. The van der Waals surface area contributed by atoms with Crippen LogP contribution in [-0.2, 0) is 0 Å². The van der Waals surface area contributed by atoms with E-state index in [1.807, 2.05) is 6.92 Å². The predicted molar refractivity (Wildman–Crippen MR) is 65.7 cm³/mol. The molecule has 0 saturated heterocycles. The molecule has 1 aliphatic carbocycles. The lowest BCUT2D eigenvalue weighted by molar-refractivity contribution is 0.0923. The van der Waals surface area contributed by atoms with Gasteiger partial charge in [0.05, 0.1) is 5.56 Å². The molecular weight excluding hydrogens is 216 g/mol. The van der Waals surface area contributed by atoms with Crippen molar-refractivity contribution in [3.05, 3.63) is 23.7 Å². The number of amides is 1. The first-order valence-electron chi connectivity index (χ1n) is 6.26. The maximum absolute atomic E-state index is 12.0. The Labute approximate surface area is 102 Å². The SMILES string of the molecule is Cc1cc(C(=O)NC(CN)C2CCCC2)co1. The zero-order chi connectivity index (χ0) is 12.3. The highest BCUT2D eigenvalue weighted by Crippen LogP contribution is 2.27. The third-order valence-electron chi connectivity index (χ3n) is 3.53. The summed E-state index contributed by atoms with van der Waals surface area (Å²) in [5.74, 6) is 1.21. The molecule has 17 heavy (non-hydrogen) atoms. The van der Waals surface area contributed by atoms with Crippen molar-refractivity contribution < 1.29 is 9.21 Å². The maximum atomic E-state index is 12.0. The fourth-order valence-electron chi connectivity index (χ4n) is 2.54. The molecule has 0 bridgehead atoms. The molecule has 4 nitrogen and oxygen atoms in total. The molecule has 4 heteroatoms. The molecule has 2 rings (SSSR count). The summed E-state index contributed by atoms with van der Waals surface area (Å²) >= 11 is 0. The van der Waals surface area contributed by atoms with Gasteiger partial charge in [-0.1, -0.05) is 12.8 Å². The van der Waals surface area contributed by atoms with E-state index in [1.54, 1.807) is 6.07 Å². The van der Waals surface area contributed by atoms with Crippen molar-refractivity contribution in [2.45, 2.75) is 38.6 Å². The van der Waals surface area contributed by atoms with E-state index >= 15 is 0 Å². The topological polar surface area (TPSA) is 68.3 Å². The van der Waals surface area contributed by atoms with Gasteiger partial charge in [-0.15, -0.1) is 0 Å². The van der Waals surface area contributed by atoms with Gasteiger partial charge in [0.15, 0.2) is 0 Å². The van der Waals surface area contributed by atoms with Gasteiger partial charge in [0.25, 0.3) is 5.91 Å². The van der Waals surface area contributed by atoms with E-state index in [0.717, 1.165) is 5.76 Å². The molecule has 1 fully saturated rings. The van der Waals surface area contributed by atoms with E-state index in [0.29, 0.717) is 18.0 Å². The zero-order valence-corrected chi connectivity index (χ0v) is 10.2. The summed E-state index contributed by atoms with van der Waals surface area (Å²) in [4.78, 5) is 12.0. The highest BCUT2D eigenvalue weighted by atomic mass is 16.3. The van der Waals surface area contributed by atoms with Gasteiger partial charge in [0.2, 0.25) is 0 Å². The fraction of sp³-hybridized carbons (Fsp3) is 0.615. The molecule has 1 heterocycles. The Morgan fingerprint density at radius 3 is 2.82 bits per heavy atom. The molecule has 0 radical (unpaired) electrons. The summed E-state index contributed by atoms with van der Waals surface area (Å²) in [5, 5.41) is 3.01. The van der Waals surface area contributed by atoms with Crippen molar-refractivity contribution in [2.24, 2.45) is 11.7 Å². The van der Waals surface area contributed by atoms with Crippen LogP contribution in [0, 0.1) is 12.8 Å². The molecule has 94 valence electrons. The van der Waals surface area contributed by atoms with E-state index < -0.39 is 0 Å². The fourth-order valence-corrected chi connectivity index (χ4v) is 2.54. The average Bonchev–Trinajstić information content (AvgIpc) is 2.96. The van der Waals surface area contributed by atoms with Crippen LogP contribution in [0.4, 0.5) is 0 Å². The normalized spacial score (nSPS) is 18.2. The molecule has 1 atom stereocenters. The van der Waals surface area contributed by atoms with Crippen molar-refractivity contribution in [1.29, 1.82) is 0 Å². The first-order valence-corrected chi connectivity index (χ1v) is 6.26. The van der Waals surface area contributed by atoms with Crippen molar-refractivity contribution in [3.63, 3.8) is 0 Å². The van der Waals surface area contributed by atoms with E-state index in [2.05, 4.69) is 5.32 Å². The van der Waals surface area contributed by atoms with Gasteiger partial charge in [0.1, 0.15) is 12.0 Å². The highest BCUT2D eigenvalue weighted by Gasteiger charge is 2.25. The lowest BCUT2D eigenvalue weighted by Crippen LogP contribution is -2.44. The second kappa shape index (κ2) is 5.36. The van der Waals surface area contributed by atoms with Gasteiger partial charge >= 0.3 is 0 Å². The highest BCUT2D eigenvalue weighted by molar-refractivity contribution is 5.94. The van der Waals surface area contributed by atoms with Crippen LogP contribution >= 0.6 is 0 Å². The smallest absolute Gasteiger partial charge is 0.254 e. The predicted octanol–water partition coefficient (Wildman–Crippen LogP) is 1.84. The summed E-state index contributed by atoms with van der Waals surface area (Å²) in [6, 6.07) is 1.84. The van der Waals surface area contributed by atoms with Crippen LogP contribution in [0.1, 0.15) is 41.8 Å². The molecule has 0 aliphatic heterocycles. The number of aryl methyl sites for hydroxylation is 1. The Hall–Kier alpha value is -1.29.